The minimum atomic E-state index is -2.18. The molecule has 0 spiro atoms. The number of hydrogen-bond donors (Lipinski definition) is 1. The second kappa shape index (κ2) is 8.15. The molecule has 0 radical (unpaired) electrons. The minimum absolute atomic E-state index is 0.0183. The Morgan fingerprint density at radius 2 is 1.91 bits per heavy atom. The molecule has 2 saturated heterocycles. The van der Waals surface area contributed by atoms with Crippen LogP contribution in [-0.2, 0) is 13.9 Å². The molecule has 1 saturated carbocycles. The molecule has 2 aliphatic heterocycles. The third kappa shape index (κ3) is 3.97. The SMILES string of the molecule is CC(C)(C)[Si](C)(C)O[C@H]1CC[C@H]2[C@@H]3COC(=O)N3CC[C@@]2(O)[C@@H]1OC(=O)c1ccccc1. The number of cyclic esters (lactones) is 1. The molecule has 2 heterocycles. The lowest BCUT2D eigenvalue weighted by molar-refractivity contribution is -0.204. The summed E-state index contributed by atoms with van der Waals surface area (Å²) in [6.07, 6.45) is 0.148. The number of benzene rings is 1. The van der Waals surface area contributed by atoms with Crippen LogP contribution in [0.3, 0.4) is 0 Å². The monoisotopic (exact) mass is 461 g/mol. The Kier molecular flexibility index (Phi) is 5.92. The third-order valence-corrected chi connectivity index (χ3v) is 12.5. The van der Waals surface area contributed by atoms with Gasteiger partial charge in [-0.05, 0) is 49.5 Å². The number of ether oxygens (including phenoxy) is 2. The fourth-order valence-electron chi connectivity index (χ4n) is 5.10. The molecule has 1 amide bonds. The Morgan fingerprint density at radius 3 is 2.56 bits per heavy atom. The molecular weight excluding hydrogens is 426 g/mol. The van der Waals surface area contributed by atoms with Crippen LogP contribution in [0.15, 0.2) is 30.3 Å². The maximum absolute atomic E-state index is 13.1. The zero-order valence-corrected chi connectivity index (χ0v) is 20.7. The number of piperidine rings is 1. The Balaban J connectivity index is 1.65. The van der Waals surface area contributed by atoms with Gasteiger partial charge >= 0.3 is 12.1 Å². The lowest BCUT2D eigenvalue weighted by Gasteiger charge is -2.55. The molecule has 8 heteroatoms. The van der Waals surface area contributed by atoms with Gasteiger partial charge in [0, 0.05) is 12.5 Å². The molecule has 32 heavy (non-hydrogen) atoms. The van der Waals surface area contributed by atoms with E-state index >= 15 is 0 Å². The lowest BCUT2D eigenvalue weighted by atomic mass is 9.65. The molecule has 1 aromatic carbocycles. The summed E-state index contributed by atoms with van der Waals surface area (Å²) in [7, 11) is -2.18. The number of fused-ring (bicyclic) bond motifs is 3. The van der Waals surface area contributed by atoms with Crippen molar-refractivity contribution in [3.8, 4) is 0 Å². The van der Waals surface area contributed by atoms with Crippen LogP contribution in [0.2, 0.25) is 18.1 Å². The van der Waals surface area contributed by atoms with Crippen molar-refractivity contribution in [2.75, 3.05) is 13.2 Å². The van der Waals surface area contributed by atoms with Gasteiger partial charge < -0.3 is 23.9 Å². The van der Waals surface area contributed by atoms with Gasteiger partial charge in [0.25, 0.3) is 0 Å². The van der Waals surface area contributed by atoms with Crippen LogP contribution in [0.4, 0.5) is 4.79 Å². The molecule has 3 aliphatic rings. The Morgan fingerprint density at radius 1 is 1.22 bits per heavy atom. The van der Waals surface area contributed by atoms with Crippen molar-refractivity contribution in [3.63, 3.8) is 0 Å². The molecule has 3 fully saturated rings. The van der Waals surface area contributed by atoms with Crippen molar-refractivity contribution < 1.29 is 28.6 Å². The Labute approximate surface area is 191 Å². The van der Waals surface area contributed by atoms with Crippen LogP contribution < -0.4 is 0 Å². The van der Waals surface area contributed by atoms with E-state index in [2.05, 4.69) is 33.9 Å². The van der Waals surface area contributed by atoms with Crippen molar-refractivity contribution >= 4 is 20.4 Å². The smallest absolute Gasteiger partial charge is 0.410 e. The summed E-state index contributed by atoms with van der Waals surface area (Å²) in [6, 6.07) is 8.65. The summed E-state index contributed by atoms with van der Waals surface area (Å²) in [5.74, 6) is -0.690. The molecule has 0 unspecified atom stereocenters. The van der Waals surface area contributed by atoms with E-state index in [1.54, 1.807) is 29.2 Å². The highest BCUT2D eigenvalue weighted by molar-refractivity contribution is 6.74. The van der Waals surface area contributed by atoms with E-state index in [0.29, 0.717) is 31.4 Å². The first kappa shape index (κ1) is 23.3. The standard InChI is InChI=1S/C24H35NO6Si/c1-23(2,3)32(4,5)31-19-12-11-17-18-15-29-22(27)25(18)14-13-24(17,28)20(19)30-21(26)16-9-7-6-8-10-16/h6-10,17-20,28H,11-15H2,1-5H3/t17-,18-,19-,20+,24-/m0/s1. The number of rotatable bonds is 4. The first-order valence-corrected chi connectivity index (χ1v) is 14.4. The van der Waals surface area contributed by atoms with Gasteiger partial charge in [0.15, 0.2) is 14.4 Å². The van der Waals surface area contributed by atoms with Gasteiger partial charge in [0.05, 0.1) is 17.7 Å². The number of carbonyl (C=O) groups is 2. The number of amides is 1. The second-order valence-electron chi connectivity index (χ2n) is 10.9. The summed E-state index contributed by atoms with van der Waals surface area (Å²) < 4.78 is 18.1. The van der Waals surface area contributed by atoms with Crippen molar-refractivity contribution in [1.29, 1.82) is 0 Å². The molecule has 4 rings (SSSR count). The first-order chi connectivity index (χ1) is 14.9. The van der Waals surface area contributed by atoms with E-state index in [1.807, 2.05) is 6.07 Å². The van der Waals surface area contributed by atoms with Crippen molar-refractivity contribution in [2.45, 2.75) is 82.0 Å². The van der Waals surface area contributed by atoms with Crippen LogP contribution in [-0.4, -0.2) is 67.4 Å². The molecule has 7 nitrogen and oxygen atoms in total. The van der Waals surface area contributed by atoms with Gasteiger partial charge in [0.2, 0.25) is 0 Å². The van der Waals surface area contributed by atoms with Crippen LogP contribution in [0.5, 0.6) is 0 Å². The van der Waals surface area contributed by atoms with Gasteiger partial charge in [0.1, 0.15) is 12.2 Å². The van der Waals surface area contributed by atoms with Gasteiger partial charge in [-0.15, -0.1) is 0 Å². The number of aliphatic hydroxyl groups is 1. The fourth-order valence-corrected chi connectivity index (χ4v) is 6.45. The fraction of sp³-hybridized carbons (Fsp3) is 0.667. The number of esters is 1. The van der Waals surface area contributed by atoms with Crippen LogP contribution >= 0.6 is 0 Å². The normalized spacial score (nSPS) is 32.7. The molecular formula is C24H35NO6Si. The van der Waals surface area contributed by atoms with Crippen LogP contribution in [0.1, 0.15) is 50.4 Å². The lowest BCUT2D eigenvalue weighted by Crippen LogP contribution is -2.68. The molecule has 1 N–H and O–H groups in total. The molecule has 1 aliphatic carbocycles. The predicted molar refractivity (Wildman–Crippen MR) is 122 cm³/mol. The predicted octanol–water partition coefficient (Wildman–Crippen LogP) is 3.97. The summed E-state index contributed by atoms with van der Waals surface area (Å²) in [4.78, 5) is 26.9. The van der Waals surface area contributed by atoms with Crippen LogP contribution in [0.25, 0.3) is 0 Å². The molecule has 0 aromatic heterocycles. The summed E-state index contributed by atoms with van der Waals surface area (Å²) in [5.41, 5.74) is -0.827. The van der Waals surface area contributed by atoms with Gasteiger partial charge in [-0.3, -0.25) is 0 Å². The second-order valence-corrected chi connectivity index (χ2v) is 15.6. The number of nitrogens with zero attached hydrogens (tertiary/aromatic N) is 1. The summed E-state index contributed by atoms with van der Waals surface area (Å²) in [5, 5.41) is 12.0. The van der Waals surface area contributed by atoms with Crippen LogP contribution in [0, 0.1) is 5.92 Å². The highest BCUT2D eigenvalue weighted by Gasteiger charge is 2.61. The highest BCUT2D eigenvalue weighted by atomic mass is 28.4. The summed E-state index contributed by atoms with van der Waals surface area (Å²) in [6.45, 7) is 11.5. The molecule has 5 atom stereocenters. The number of carbonyl (C=O) groups excluding carboxylic acids is 2. The van der Waals surface area contributed by atoms with E-state index in [0.717, 1.165) is 0 Å². The van der Waals surface area contributed by atoms with Crippen molar-refractivity contribution in [1.82, 2.24) is 4.90 Å². The maximum atomic E-state index is 13.1. The zero-order valence-electron chi connectivity index (χ0n) is 19.7. The van der Waals surface area contributed by atoms with Gasteiger partial charge in [-0.2, -0.15) is 0 Å². The third-order valence-electron chi connectivity index (χ3n) is 7.96. The van der Waals surface area contributed by atoms with E-state index in [9.17, 15) is 14.7 Å². The van der Waals surface area contributed by atoms with E-state index < -0.39 is 32.1 Å². The first-order valence-electron chi connectivity index (χ1n) is 11.5. The van der Waals surface area contributed by atoms with E-state index in [-0.39, 0.29) is 29.7 Å². The van der Waals surface area contributed by atoms with Crippen molar-refractivity contribution in [3.05, 3.63) is 35.9 Å². The minimum Gasteiger partial charge on any atom is -0.453 e. The molecule has 176 valence electrons. The average molecular weight is 462 g/mol. The topological polar surface area (TPSA) is 85.3 Å². The van der Waals surface area contributed by atoms with E-state index in [1.165, 1.54) is 0 Å². The number of hydrogen-bond acceptors (Lipinski definition) is 6. The average Bonchev–Trinajstić information content (AvgIpc) is 3.10. The van der Waals surface area contributed by atoms with Gasteiger partial charge in [-0.25, -0.2) is 9.59 Å². The molecule has 0 bridgehead atoms. The van der Waals surface area contributed by atoms with Crippen molar-refractivity contribution in [2.24, 2.45) is 5.92 Å². The van der Waals surface area contributed by atoms with E-state index in [4.69, 9.17) is 13.9 Å². The zero-order chi connectivity index (χ0) is 23.3. The quantitative estimate of drug-likeness (QED) is 0.539. The Hall–Kier alpha value is -1.90. The Bertz CT molecular complexity index is 869. The highest BCUT2D eigenvalue weighted by Crippen LogP contribution is 2.49. The summed E-state index contributed by atoms with van der Waals surface area (Å²) >= 11 is 0. The largest absolute Gasteiger partial charge is 0.453 e. The maximum Gasteiger partial charge on any atom is 0.410 e. The molecule has 1 aromatic rings. The van der Waals surface area contributed by atoms with Gasteiger partial charge in [-0.1, -0.05) is 39.0 Å².